The van der Waals surface area contributed by atoms with E-state index in [-0.39, 0.29) is 24.7 Å². The van der Waals surface area contributed by atoms with Gasteiger partial charge in [0.2, 0.25) is 0 Å². The molecule has 0 bridgehead atoms. The third-order valence-electron chi connectivity index (χ3n) is 4.68. The molecule has 1 aliphatic rings. The van der Waals surface area contributed by atoms with Crippen molar-refractivity contribution in [1.29, 1.82) is 0 Å². The number of nitrogens with one attached hydrogen (secondary N) is 2. The van der Waals surface area contributed by atoms with Gasteiger partial charge in [0.05, 0.1) is 17.3 Å². The SMILES string of the molecule is CCN(CC(=O)O)C1CC(NC(=O)Nc2cccc(Cl)c2-n2cccn2)C1. The Hall–Kier alpha value is -2.58. The lowest BCUT2D eigenvalue weighted by molar-refractivity contribution is -0.139. The van der Waals surface area contributed by atoms with Crippen LogP contribution in [0.2, 0.25) is 5.02 Å². The molecule has 0 radical (unpaired) electrons. The molecular formula is C18H22ClN5O3. The highest BCUT2D eigenvalue weighted by Gasteiger charge is 2.34. The zero-order valence-electron chi connectivity index (χ0n) is 14.9. The molecule has 2 amide bonds. The maximum atomic E-state index is 12.4. The van der Waals surface area contributed by atoms with Gasteiger partial charge < -0.3 is 15.7 Å². The summed E-state index contributed by atoms with van der Waals surface area (Å²) in [5, 5.41) is 19.3. The molecule has 0 aliphatic heterocycles. The molecule has 2 aromatic rings. The molecule has 0 spiro atoms. The van der Waals surface area contributed by atoms with Gasteiger partial charge >= 0.3 is 12.0 Å². The second kappa shape index (κ2) is 8.41. The molecule has 0 atom stereocenters. The molecular weight excluding hydrogens is 370 g/mol. The molecule has 1 aromatic heterocycles. The molecule has 27 heavy (non-hydrogen) atoms. The Kier molecular flexibility index (Phi) is 5.98. The highest BCUT2D eigenvalue weighted by atomic mass is 35.5. The molecule has 9 heteroatoms. The number of carboxylic acids is 1. The standard InChI is InChI=1S/C18H22ClN5O3/c1-2-23(11-16(25)26)13-9-12(10-13)21-18(27)22-15-6-3-5-14(19)17(15)24-8-4-7-20-24/h3-8,12-13H,2,9-11H2,1H3,(H,25,26)(H2,21,22,27). The first kappa shape index (κ1) is 19.2. The first-order valence-corrected chi connectivity index (χ1v) is 9.17. The molecule has 3 rings (SSSR count). The fraction of sp³-hybridized carbons (Fsp3) is 0.389. The van der Waals surface area contributed by atoms with Crippen molar-refractivity contribution in [3.8, 4) is 5.69 Å². The lowest BCUT2D eigenvalue weighted by Gasteiger charge is -2.42. The summed E-state index contributed by atoms with van der Waals surface area (Å²) < 4.78 is 1.60. The summed E-state index contributed by atoms with van der Waals surface area (Å²) in [4.78, 5) is 25.2. The maximum absolute atomic E-state index is 12.4. The van der Waals surface area contributed by atoms with Crippen LogP contribution in [-0.4, -0.2) is 57.0 Å². The van der Waals surface area contributed by atoms with Gasteiger partial charge in [-0.1, -0.05) is 24.6 Å². The van der Waals surface area contributed by atoms with Crippen LogP contribution in [0.1, 0.15) is 19.8 Å². The summed E-state index contributed by atoms with van der Waals surface area (Å²) in [6, 6.07) is 6.91. The topological polar surface area (TPSA) is 99.5 Å². The molecule has 1 saturated carbocycles. The number of carbonyl (C=O) groups excluding carboxylic acids is 1. The largest absolute Gasteiger partial charge is 0.480 e. The average Bonchev–Trinajstić information content (AvgIpc) is 3.10. The van der Waals surface area contributed by atoms with Gasteiger partial charge in [-0.05, 0) is 37.6 Å². The minimum absolute atomic E-state index is 0.0187. The van der Waals surface area contributed by atoms with E-state index in [0.29, 0.717) is 22.9 Å². The number of aliphatic carboxylic acids is 1. The summed E-state index contributed by atoms with van der Waals surface area (Å²) in [5.74, 6) is -0.835. The van der Waals surface area contributed by atoms with Crippen LogP contribution in [0.5, 0.6) is 0 Å². The van der Waals surface area contributed by atoms with Crippen LogP contribution in [0, 0.1) is 0 Å². The van der Waals surface area contributed by atoms with Gasteiger partial charge in [0.25, 0.3) is 0 Å². The average molecular weight is 392 g/mol. The van der Waals surface area contributed by atoms with Gasteiger partial charge in [0.1, 0.15) is 5.69 Å². The van der Waals surface area contributed by atoms with Crippen LogP contribution in [0.15, 0.2) is 36.7 Å². The third-order valence-corrected chi connectivity index (χ3v) is 4.98. The van der Waals surface area contributed by atoms with Gasteiger partial charge in [-0.15, -0.1) is 0 Å². The monoisotopic (exact) mass is 391 g/mol. The van der Waals surface area contributed by atoms with Gasteiger partial charge in [-0.25, -0.2) is 9.48 Å². The van der Waals surface area contributed by atoms with E-state index in [1.165, 1.54) is 0 Å². The van der Waals surface area contributed by atoms with Crippen LogP contribution < -0.4 is 10.6 Å². The molecule has 1 aromatic carbocycles. The van der Waals surface area contributed by atoms with Crippen molar-refractivity contribution in [3.05, 3.63) is 41.7 Å². The lowest BCUT2D eigenvalue weighted by atomic mass is 9.85. The van der Waals surface area contributed by atoms with Crippen molar-refractivity contribution in [3.63, 3.8) is 0 Å². The van der Waals surface area contributed by atoms with Crippen LogP contribution in [-0.2, 0) is 4.79 Å². The minimum atomic E-state index is -0.835. The van der Waals surface area contributed by atoms with Gasteiger partial charge in [-0.2, -0.15) is 5.10 Å². The number of anilines is 1. The van der Waals surface area contributed by atoms with Crippen molar-refractivity contribution < 1.29 is 14.7 Å². The Bertz CT molecular complexity index is 805. The number of urea groups is 1. The zero-order valence-corrected chi connectivity index (χ0v) is 15.7. The lowest BCUT2D eigenvalue weighted by Crippen LogP contribution is -2.55. The van der Waals surface area contributed by atoms with Crippen molar-refractivity contribution >= 4 is 29.3 Å². The van der Waals surface area contributed by atoms with Crippen molar-refractivity contribution in [1.82, 2.24) is 20.0 Å². The Morgan fingerprint density at radius 1 is 1.37 bits per heavy atom. The van der Waals surface area contributed by atoms with Gasteiger partial charge in [-0.3, -0.25) is 9.69 Å². The smallest absolute Gasteiger partial charge is 0.319 e. The number of amides is 2. The van der Waals surface area contributed by atoms with E-state index in [2.05, 4.69) is 15.7 Å². The van der Waals surface area contributed by atoms with E-state index >= 15 is 0 Å². The molecule has 0 unspecified atom stereocenters. The molecule has 1 heterocycles. The normalized spacial score (nSPS) is 18.8. The number of likely N-dealkylation sites (N-methyl/N-ethyl adjacent to an activating group) is 1. The molecule has 1 aliphatic carbocycles. The number of carboxylic acid groups (broad SMARTS) is 1. The minimum Gasteiger partial charge on any atom is -0.480 e. The fourth-order valence-electron chi connectivity index (χ4n) is 3.27. The number of nitrogens with zero attached hydrogens (tertiary/aromatic N) is 3. The highest BCUT2D eigenvalue weighted by molar-refractivity contribution is 6.33. The number of hydrogen-bond donors (Lipinski definition) is 3. The number of para-hydroxylation sites is 1. The van der Waals surface area contributed by atoms with Crippen LogP contribution in [0.3, 0.4) is 0 Å². The summed E-state index contributed by atoms with van der Waals surface area (Å²) >= 11 is 6.27. The Labute approximate surface area is 162 Å². The number of aromatic nitrogens is 2. The fourth-order valence-corrected chi connectivity index (χ4v) is 3.53. The summed E-state index contributed by atoms with van der Waals surface area (Å²) in [7, 11) is 0. The number of benzene rings is 1. The third kappa shape index (κ3) is 4.58. The second-order valence-corrected chi connectivity index (χ2v) is 6.87. The Balaban J connectivity index is 1.57. The van der Waals surface area contributed by atoms with E-state index < -0.39 is 5.97 Å². The predicted octanol–water partition coefficient (Wildman–Crippen LogP) is 2.58. The predicted molar refractivity (Wildman–Crippen MR) is 102 cm³/mol. The molecule has 1 fully saturated rings. The van der Waals surface area contributed by atoms with Crippen LogP contribution in [0.25, 0.3) is 5.69 Å². The number of carbonyl (C=O) groups is 2. The Morgan fingerprint density at radius 2 is 2.15 bits per heavy atom. The molecule has 0 saturated heterocycles. The van der Waals surface area contributed by atoms with E-state index in [4.69, 9.17) is 16.7 Å². The number of hydrogen-bond acceptors (Lipinski definition) is 4. The van der Waals surface area contributed by atoms with Gasteiger partial charge in [0.15, 0.2) is 0 Å². The zero-order chi connectivity index (χ0) is 19.4. The quantitative estimate of drug-likeness (QED) is 0.673. The number of rotatable bonds is 7. The molecule has 144 valence electrons. The van der Waals surface area contributed by atoms with E-state index in [0.717, 1.165) is 12.8 Å². The van der Waals surface area contributed by atoms with Crippen LogP contribution in [0.4, 0.5) is 10.5 Å². The molecule has 8 nitrogen and oxygen atoms in total. The Morgan fingerprint density at radius 3 is 2.78 bits per heavy atom. The molecule has 3 N–H and O–H groups in total. The second-order valence-electron chi connectivity index (χ2n) is 6.46. The first-order valence-electron chi connectivity index (χ1n) is 8.79. The first-order chi connectivity index (χ1) is 13.0. The van der Waals surface area contributed by atoms with Crippen molar-refractivity contribution in [2.45, 2.75) is 31.8 Å². The number of halogens is 1. The van der Waals surface area contributed by atoms with E-state index in [1.54, 1.807) is 41.3 Å². The van der Waals surface area contributed by atoms with E-state index in [9.17, 15) is 9.59 Å². The van der Waals surface area contributed by atoms with Crippen molar-refractivity contribution in [2.24, 2.45) is 0 Å². The maximum Gasteiger partial charge on any atom is 0.319 e. The van der Waals surface area contributed by atoms with Crippen LogP contribution >= 0.6 is 11.6 Å². The summed E-state index contributed by atoms with van der Waals surface area (Å²) in [6.45, 7) is 2.63. The summed E-state index contributed by atoms with van der Waals surface area (Å²) in [5.41, 5.74) is 1.16. The highest BCUT2D eigenvalue weighted by Crippen LogP contribution is 2.29. The summed E-state index contributed by atoms with van der Waals surface area (Å²) in [6.07, 6.45) is 4.85. The van der Waals surface area contributed by atoms with Crippen molar-refractivity contribution in [2.75, 3.05) is 18.4 Å². The van der Waals surface area contributed by atoms with E-state index in [1.807, 2.05) is 11.8 Å². The van der Waals surface area contributed by atoms with Gasteiger partial charge in [0, 0.05) is 24.5 Å².